The number of anilines is 1. The van der Waals surface area contributed by atoms with Crippen LogP contribution in [-0.2, 0) is 16.1 Å². The van der Waals surface area contributed by atoms with E-state index >= 15 is 0 Å². The van der Waals surface area contributed by atoms with Crippen LogP contribution in [0, 0.1) is 0 Å². The molecule has 0 spiro atoms. The fraction of sp³-hybridized carbons (Fsp3) is 0.688. The Balaban J connectivity index is 1.98. The molecule has 1 aliphatic rings. The molecule has 1 aromatic heterocycles. The van der Waals surface area contributed by atoms with Gasteiger partial charge in [0.25, 0.3) is 0 Å². The summed E-state index contributed by atoms with van der Waals surface area (Å²) in [5.41, 5.74) is 0.385. The lowest BCUT2D eigenvalue weighted by atomic mass is 10.2. The van der Waals surface area contributed by atoms with Crippen molar-refractivity contribution in [3.63, 3.8) is 0 Å². The Morgan fingerprint density at radius 2 is 2.00 bits per heavy atom. The van der Waals surface area contributed by atoms with Gasteiger partial charge in [-0.1, -0.05) is 0 Å². The van der Waals surface area contributed by atoms with Gasteiger partial charge >= 0.3 is 6.09 Å². The third-order valence-electron chi connectivity index (χ3n) is 3.47. The minimum atomic E-state index is -0.467. The molecule has 0 radical (unpaired) electrons. The number of carbonyl (C=O) groups is 1. The van der Waals surface area contributed by atoms with E-state index in [9.17, 15) is 4.79 Å². The summed E-state index contributed by atoms with van der Waals surface area (Å²) in [6, 6.07) is 1.94. The summed E-state index contributed by atoms with van der Waals surface area (Å²) in [5, 5.41) is 0. The molecule has 0 aromatic carbocycles. The number of nitrogens with zero attached hydrogens (tertiary/aromatic N) is 4. The maximum Gasteiger partial charge on any atom is 0.410 e. The van der Waals surface area contributed by atoms with Crippen molar-refractivity contribution in [1.29, 1.82) is 0 Å². The van der Waals surface area contributed by atoms with Crippen LogP contribution < -0.4 is 4.90 Å². The van der Waals surface area contributed by atoms with Gasteiger partial charge in [-0.15, -0.1) is 0 Å². The van der Waals surface area contributed by atoms with Crippen molar-refractivity contribution in [3.8, 4) is 0 Å². The average molecular weight is 322 g/mol. The zero-order valence-corrected chi connectivity index (χ0v) is 14.4. The fourth-order valence-corrected chi connectivity index (χ4v) is 2.44. The van der Waals surface area contributed by atoms with Gasteiger partial charge in [-0.05, 0) is 27.2 Å². The van der Waals surface area contributed by atoms with E-state index in [1.807, 2.05) is 26.8 Å². The molecule has 7 heteroatoms. The number of ether oxygens (including phenoxy) is 2. The van der Waals surface area contributed by atoms with Crippen LogP contribution in [0.1, 0.15) is 32.9 Å². The Labute approximate surface area is 137 Å². The minimum absolute atomic E-state index is 0.248. The summed E-state index contributed by atoms with van der Waals surface area (Å²) in [4.78, 5) is 24.7. The maximum atomic E-state index is 12.2. The van der Waals surface area contributed by atoms with E-state index in [1.54, 1.807) is 18.3 Å². The van der Waals surface area contributed by atoms with Gasteiger partial charge in [-0.25, -0.2) is 14.8 Å². The first kappa shape index (κ1) is 17.5. The fourth-order valence-electron chi connectivity index (χ4n) is 2.44. The summed E-state index contributed by atoms with van der Waals surface area (Å²) in [6.07, 6.45) is 2.19. The summed E-state index contributed by atoms with van der Waals surface area (Å²) < 4.78 is 10.6. The first-order chi connectivity index (χ1) is 10.9. The predicted octanol–water partition coefficient (Wildman–Crippen LogP) is 2.07. The molecule has 2 heterocycles. The Hall–Kier alpha value is -1.89. The highest BCUT2D eigenvalue weighted by molar-refractivity contribution is 5.68. The Morgan fingerprint density at radius 3 is 2.70 bits per heavy atom. The third-order valence-corrected chi connectivity index (χ3v) is 3.47. The standard InChI is InChI=1S/C16H26N4O3/c1-16(2,3)23-15(21)20-7-5-6-19(8-9-20)14-10-13(11-22-4)17-12-18-14/h10,12H,5-9,11H2,1-4H3. The molecule has 0 aliphatic carbocycles. The lowest BCUT2D eigenvalue weighted by Crippen LogP contribution is -2.39. The topological polar surface area (TPSA) is 67.8 Å². The van der Waals surface area contributed by atoms with E-state index in [2.05, 4.69) is 14.9 Å². The molecule has 0 unspecified atom stereocenters. The van der Waals surface area contributed by atoms with Crippen LogP contribution in [-0.4, -0.2) is 59.9 Å². The van der Waals surface area contributed by atoms with Crippen molar-refractivity contribution in [1.82, 2.24) is 14.9 Å². The second kappa shape index (κ2) is 7.59. The highest BCUT2D eigenvalue weighted by atomic mass is 16.6. The predicted molar refractivity (Wildman–Crippen MR) is 87.4 cm³/mol. The molecule has 0 N–H and O–H groups in total. The summed E-state index contributed by atoms with van der Waals surface area (Å²) in [5.74, 6) is 0.873. The summed E-state index contributed by atoms with van der Waals surface area (Å²) in [6.45, 7) is 9.01. The van der Waals surface area contributed by atoms with Crippen LogP contribution in [0.5, 0.6) is 0 Å². The summed E-state index contributed by atoms with van der Waals surface area (Å²) >= 11 is 0. The Kier molecular flexibility index (Phi) is 5.76. The van der Waals surface area contributed by atoms with Crippen molar-refractivity contribution in [2.45, 2.75) is 39.4 Å². The molecule has 1 aromatic rings. The third kappa shape index (κ3) is 5.35. The van der Waals surface area contributed by atoms with Gasteiger partial charge in [0.05, 0.1) is 12.3 Å². The van der Waals surface area contributed by atoms with Crippen molar-refractivity contribution in [2.24, 2.45) is 0 Å². The van der Waals surface area contributed by atoms with Gasteiger partial charge in [0.1, 0.15) is 17.7 Å². The van der Waals surface area contributed by atoms with E-state index in [0.717, 1.165) is 31.0 Å². The van der Waals surface area contributed by atoms with Gasteiger partial charge in [-0.3, -0.25) is 0 Å². The van der Waals surface area contributed by atoms with Crippen molar-refractivity contribution in [3.05, 3.63) is 18.1 Å². The van der Waals surface area contributed by atoms with Crippen LogP contribution in [0.3, 0.4) is 0 Å². The normalized spacial score (nSPS) is 16.2. The highest BCUT2D eigenvalue weighted by Gasteiger charge is 2.24. The minimum Gasteiger partial charge on any atom is -0.444 e. The molecular weight excluding hydrogens is 296 g/mol. The monoisotopic (exact) mass is 322 g/mol. The van der Waals surface area contributed by atoms with Gasteiger partial charge in [0.15, 0.2) is 0 Å². The van der Waals surface area contributed by atoms with Crippen molar-refractivity contribution < 1.29 is 14.3 Å². The van der Waals surface area contributed by atoms with E-state index in [1.165, 1.54) is 0 Å². The van der Waals surface area contributed by atoms with Crippen molar-refractivity contribution in [2.75, 3.05) is 38.2 Å². The van der Waals surface area contributed by atoms with E-state index in [0.29, 0.717) is 19.7 Å². The number of amides is 1. The van der Waals surface area contributed by atoms with Gasteiger partial charge < -0.3 is 19.3 Å². The molecule has 0 bridgehead atoms. The lowest BCUT2D eigenvalue weighted by Gasteiger charge is -2.26. The maximum absolute atomic E-state index is 12.2. The molecule has 128 valence electrons. The molecule has 1 aliphatic heterocycles. The molecule has 23 heavy (non-hydrogen) atoms. The molecule has 0 saturated carbocycles. The molecule has 0 atom stereocenters. The molecule has 2 rings (SSSR count). The van der Waals surface area contributed by atoms with Crippen LogP contribution in [0.25, 0.3) is 0 Å². The van der Waals surface area contributed by atoms with E-state index in [-0.39, 0.29) is 6.09 Å². The number of carbonyl (C=O) groups excluding carboxylic acids is 1. The van der Waals surface area contributed by atoms with Crippen LogP contribution in [0.4, 0.5) is 10.6 Å². The Bertz CT molecular complexity index is 530. The van der Waals surface area contributed by atoms with Crippen molar-refractivity contribution >= 4 is 11.9 Å². The zero-order chi connectivity index (χ0) is 16.9. The highest BCUT2D eigenvalue weighted by Crippen LogP contribution is 2.16. The van der Waals surface area contributed by atoms with E-state index < -0.39 is 5.60 Å². The number of aromatic nitrogens is 2. The summed E-state index contributed by atoms with van der Waals surface area (Å²) in [7, 11) is 1.65. The first-order valence-corrected chi connectivity index (χ1v) is 7.92. The average Bonchev–Trinajstić information content (AvgIpc) is 2.72. The molecular formula is C16H26N4O3. The zero-order valence-electron chi connectivity index (χ0n) is 14.4. The molecule has 1 fully saturated rings. The van der Waals surface area contributed by atoms with Crippen LogP contribution in [0.15, 0.2) is 12.4 Å². The number of hydrogen-bond acceptors (Lipinski definition) is 6. The van der Waals surface area contributed by atoms with Gasteiger partial charge in [0, 0.05) is 39.4 Å². The Morgan fingerprint density at radius 1 is 1.22 bits per heavy atom. The largest absolute Gasteiger partial charge is 0.444 e. The SMILES string of the molecule is COCc1cc(N2CCCN(C(=O)OC(C)(C)C)CC2)ncn1. The van der Waals surface area contributed by atoms with Crippen LogP contribution >= 0.6 is 0 Å². The lowest BCUT2D eigenvalue weighted by molar-refractivity contribution is 0.0263. The second-order valence-corrected chi connectivity index (χ2v) is 6.61. The smallest absolute Gasteiger partial charge is 0.410 e. The number of hydrogen-bond donors (Lipinski definition) is 0. The van der Waals surface area contributed by atoms with Crippen LogP contribution in [0.2, 0.25) is 0 Å². The number of methoxy groups -OCH3 is 1. The molecule has 1 amide bonds. The second-order valence-electron chi connectivity index (χ2n) is 6.61. The van der Waals surface area contributed by atoms with Gasteiger partial charge in [-0.2, -0.15) is 0 Å². The first-order valence-electron chi connectivity index (χ1n) is 7.92. The van der Waals surface area contributed by atoms with Gasteiger partial charge in [0.2, 0.25) is 0 Å². The number of rotatable bonds is 3. The molecule has 7 nitrogen and oxygen atoms in total. The van der Waals surface area contributed by atoms with E-state index in [4.69, 9.17) is 9.47 Å². The quantitative estimate of drug-likeness (QED) is 0.848. The molecule has 1 saturated heterocycles.